The van der Waals surface area contributed by atoms with E-state index in [1.54, 1.807) is 0 Å². The standard InChI is InChI=1S/C19H19N3O6S/c1-9-3-4-13-14(5-9)29-18(15(13)16(20)23)21-17(24)10-6-11(19(25)28-2)8-12(7-10)22(26)27/h6-9H,3-5H2,1-2H3,(H2,20,23)(H,21,24)/t9-/m0/s1. The Bertz CT molecular complexity index is 1030. The van der Waals surface area contributed by atoms with Crippen LogP contribution in [0.3, 0.4) is 0 Å². The molecular weight excluding hydrogens is 398 g/mol. The number of ether oxygens (including phenoxy) is 1. The first-order valence-electron chi connectivity index (χ1n) is 8.84. The normalized spacial score (nSPS) is 15.3. The van der Waals surface area contributed by atoms with Crippen molar-refractivity contribution >= 4 is 39.8 Å². The van der Waals surface area contributed by atoms with Crippen molar-refractivity contribution in [2.24, 2.45) is 11.7 Å². The smallest absolute Gasteiger partial charge is 0.338 e. The molecule has 1 aromatic carbocycles. The lowest BCUT2D eigenvalue weighted by Crippen LogP contribution is -2.19. The third-order valence-corrected chi connectivity index (χ3v) is 5.97. The summed E-state index contributed by atoms with van der Waals surface area (Å²) in [6.45, 7) is 2.11. The van der Waals surface area contributed by atoms with E-state index in [4.69, 9.17) is 5.73 Å². The topological polar surface area (TPSA) is 142 Å². The van der Waals surface area contributed by atoms with Gasteiger partial charge in [0.05, 0.1) is 23.2 Å². The number of carbonyl (C=O) groups is 3. The molecule has 0 saturated heterocycles. The molecule has 152 valence electrons. The minimum Gasteiger partial charge on any atom is -0.465 e. The maximum Gasteiger partial charge on any atom is 0.338 e. The Morgan fingerprint density at radius 1 is 1.28 bits per heavy atom. The van der Waals surface area contributed by atoms with Gasteiger partial charge in [0.15, 0.2) is 0 Å². The zero-order chi connectivity index (χ0) is 21.3. The Kier molecular flexibility index (Phi) is 5.64. The zero-order valence-electron chi connectivity index (χ0n) is 15.8. The number of fused-ring (bicyclic) bond motifs is 1. The fourth-order valence-electron chi connectivity index (χ4n) is 3.36. The van der Waals surface area contributed by atoms with Crippen LogP contribution in [0.5, 0.6) is 0 Å². The number of amides is 2. The number of hydrogen-bond acceptors (Lipinski definition) is 7. The zero-order valence-corrected chi connectivity index (χ0v) is 16.6. The lowest BCUT2D eigenvalue weighted by molar-refractivity contribution is -0.384. The van der Waals surface area contributed by atoms with Gasteiger partial charge in [-0.3, -0.25) is 19.7 Å². The molecule has 1 aliphatic carbocycles. The van der Waals surface area contributed by atoms with Crippen molar-refractivity contribution in [2.45, 2.75) is 26.2 Å². The summed E-state index contributed by atoms with van der Waals surface area (Å²) in [7, 11) is 1.14. The number of nitrogens with zero attached hydrogens (tertiary/aromatic N) is 1. The van der Waals surface area contributed by atoms with Gasteiger partial charge in [0.2, 0.25) is 0 Å². The quantitative estimate of drug-likeness (QED) is 0.435. The first-order valence-corrected chi connectivity index (χ1v) is 9.66. The summed E-state index contributed by atoms with van der Waals surface area (Å²) < 4.78 is 4.59. The predicted molar refractivity (Wildman–Crippen MR) is 106 cm³/mol. The average Bonchev–Trinajstić information content (AvgIpc) is 3.03. The van der Waals surface area contributed by atoms with E-state index >= 15 is 0 Å². The van der Waals surface area contributed by atoms with Crippen LogP contribution in [0.2, 0.25) is 0 Å². The van der Waals surface area contributed by atoms with Crippen LogP contribution >= 0.6 is 11.3 Å². The molecule has 2 amide bonds. The highest BCUT2D eigenvalue weighted by atomic mass is 32.1. The van der Waals surface area contributed by atoms with Gasteiger partial charge in [-0.1, -0.05) is 6.92 Å². The highest BCUT2D eigenvalue weighted by molar-refractivity contribution is 7.17. The van der Waals surface area contributed by atoms with Crippen LogP contribution in [0.15, 0.2) is 18.2 Å². The minimum absolute atomic E-state index is 0.102. The summed E-state index contributed by atoms with van der Waals surface area (Å²) in [5.74, 6) is -1.67. The molecule has 0 bridgehead atoms. The molecule has 0 fully saturated rings. The molecule has 1 atom stereocenters. The lowest BCUT2D eigenvalue weighted by Gasteiger charge is -2.18. The van der Waals surface area contributed by atoms with Gasteiger partial charge in [0.25, 0.3) is 17.5 Å². The molecular formula is C19H19N3O6S. The average molecular weight is 417 g/mol. The van der Waals surface area contributed by atoms with Crippen molar-refractivity contribution in [3.63, 3.8) is 0 Å². The number of nitro groups is 1. The number of non-ortho nitro benzene ring substituents is 1. The van der Waals surface area contributed by atoms with Gasteiger partial charge in [-0.05, 0) is 36.8 Å². The number of nitrogens with two attached hydrogens (primary N) is 1. The molecule has 0 spiro atoms. The van der Waals surface area contributed by atoms with Crippen LogP contribution in [0.25, 0.3) is 0 Å². The van der Waals surface area contributed by atoms with E-state index in [1.807, 2.05) is 0 Å². The summed E-state index contributed by atoms with van der Waals surface area (Å²) in [4.78, 5) is 48.0. The molecule has 1 heterocycles. The Hall–Kier alpha value is -3.27. The molecule has 2 aromatic rings. The molecule has 1 aromatic heterocycles. The number of thiophene rings is 1. The summed E-state index contributed by atoms with van der Waals surface area (Å²) in [5, 5.41) is 14.1. The number of benzene rings is 1. The van der Waals surface area contributed by atoms with Crippen molar-refractivity contribution in [3.8, 4) is 0 Å². The number of esters is 1. The number of anilines is 1. The second-order valence-electron chi connectivity index (χ2n) is 6.89. The second-order valence-corrected chi connectivity index (χ2v) is 8.00. The van der Waals surface area contributed by atoms with Gasteiger partial charge in [-0.15, -0.1) is 11.3 Å². The SMILES string of the molecule is COC(=O)c1cc(C(=O)Nc2sc3c(c2C(N)=O)CC[C@H](C)C3)cc([N+](=O)[O-])c1. The second kappa shape index (κ2) is 8.00. The molecule has 29 heavy (non-hydrogen) atoms. The molecule has 3 N–H and O–H groups in total. The molecule has 9 nitrogen and oxygen atoms in total. The lowest BCUT2D eigenvalue weighted by atomic mass is 9.88. The van der Waals surface area contributed by atoms with Crippen molar-refractivity contribution < 1.29 is 24.0 Å². The highest BCUT2D eigenvalue weighted by Crippen LogP contribution is 2.39. The molecule has 0 unspecified atom stereocenters. The number of rotatable bonds is 5. The van der Waals surface area contributed by atoms with E-state index in [1.165, 1.54) is 17.4 Å². The largest absolute Gasteiger partial charge is 0.465 e. The van der Waals surface area contributed by atoms with E-state index in [0.717, 1.165) is 42.5 Å². The van der Waals surface area contributed by atoms with Gasteiger partial charge in [-0.25, -0.2) is 4.79 Å². The van der Waals surface area contributed by atoms with Crippen molar-refractivity contribution in [3.05, 3.63) is 55.4 Å². The van der Waals surface area contributed by atoms with Crippen LogP contribution < -0.4 is 11.1 Å². The third kappa shape index (κ3) is 4.11. The van der Waals surface area contributed by atoms with Crippen LogP contribution in [-0.4, -0.2) is 29.8 Å². The van der Waals surface area contributed by atoms with E-state index < -0.39 is 28.4 Å². The predicted octanol–water partition coefficient (Wildman–Crippen LogP) is 2.92. The fraction of sp³-hybridized carbons (Fsp3) is 0.316. The van der Waals surface area contributed by atoms with Crippen molar-refractivity contribution in [1.29, 1.82) is 0 Å². The van der Waals surface area contributed by atoms with Gasteiger partial charge in [-0.2, -0.15) is 0 Å². The van der Waals surface area contributed by atoms with Gasteiger partial charge < -0.3 is 15.8 Å². The van der Waals surface area contributed by atoms with E-state index in [0.29, 0.717) is 17.3 Å². The molecule has 0 saturated carbocycles. The summed E-state index contributed by atoms with van der Waals surface area (Å²) in [6.07, 6.45) is 2.41. The van der Waals surface area contributed by atoms with Crippen LogP contribution in [0.4, 0.5) is 10.7 Å². The van der Waals surface area contributed by atoms with Crippen LogP contribution in [-0.2, 0) is 17.6 Å². The number of nitro benzene ring substituents is 1. The maximum atomic E-state index is 12.8. The highest BCUT2D eigenvalue weighted by Gasteiger charge is 2.28. The van der Waals surface area contributed by atoms with E-state index in [9.17, 15) is 24.5 Å². The molecule has 10 heteroatoms. The number of primary amides is 1. The Labute approximate surface area is 170 Å². The van der Waals surface area contributed by atoms with Crippen LogP contribution in [0.1, 0.15) is 54.9 Å². The number of nitrogens with one attached hydrogen (secondary N) is 1. The number of methoxy groups -OCH3 is 1. The van der Waals surface area contributed by atoms with E-state index in [2.05, 4.69) is 17.0 Å². The maximum absolute atomic E-state index is 12.8. The number of carbonyl (C=O) groups excluding carboxylic acids is 3. The van der Waals surface area contributed by atoms with Gasteiger partial charge >= 0.3 is 5.97 Å². The molecule has 0 radical (unpaired) electrons. The van der Waals surface area contributed by atoms with E-state index in [-0.39, 0.29) is 16.7 Å². The minimum atomic E-state index is -0.804. The Morgan fingerprint density at radius 2 is 1.97 bits per heavy atom. The summed E-state index contributed by atoms with van der Waals surface area (Å²) >= 11 is 1.28. The monoisotopic (exact) mass is 417 g/mol. The Balaban J connectivity index is 1.99. The van der Waals surface area contributed by atoms with Gasteiger partial charge in [0, 0.05) is 22.6 Å². The van der Waals surface area contributed by atoms with Crippen molar-refractivity contribution in [2.75, 3.05) is 12.4 Å². The molecule has 0 aliphatic heterocycles. The number of hydrogen-bond donors (Lipinski definition) is 2. The van der Waals surface area contributed by atoms with Crippen molar-refractivity contribution in [1.82, 2.24) is 0 Å². The Morgan fingerprint density at radius 3 is 2.59 bits per heavy atom. The third-order valence-electron chi connectivity index (χ3n) is 4.80. The molecule has 1 aliphatic rings. The first kappa shape index (κ1) is 20.5. The fourth-order valence-corrected chi connectivity index (χ4v) is 4.77. The summed E-state index contributed by atoms with van der Waals surface area (Å²) in [5.41, 5.74) is 6.03. The molecule has 3 rings (SSSR count). The van der Waals surface area contributed by atoms with Gasteiger partial charge in [0.1, 0.15) is 5.00 Å². The summed E-state index contributed by atoms with van der Waals surface area (Å²) in [6, 6.07) is 3.29. The van der Waals surface area contributed by atoms with Crippen LogP contribution in [0, 0.1) is 16.0 Å². The first-order chi connectivity index (χ1) is 13.7.